The van der Waals surface area contributed by atoms with Gasteiger partial charge < -0.3 is 11.1 Å². The van der Waals surface area contributed by atoms with Crippen LogP contribution in [0.3, 0.4) is 0 Å². The number of nitrogens with one attached hydrogen (secondary N) is 1. The number of benzene rings is 1. The van der Waals surface area contributed by atoms with Crippen LogP contribution in [0.1, 0.15) is 37.7 Å². The quantitative estimate of drug-likeness (QED) is 0.847. The second kappa shape index (κ2) is 7.20. The van der Waals surface area contributed by atoms with E-state index in [1.165, 1.54) is 19.3 Å². The smallest absolute Gasteiger partial charge is 0.227 e. The van der Waals surface area contributed by atoms with Gasteiger partial charge in [0.25, 0.3) is 0 Å². The summed E-state index contributed by atoms with van der Waals surface area (Å²) in [6.45, 7) is 1.97. The molecule has 3 rings (SSSR count). The third kappa shape index (κ3) is 3.58. The molecule has 1 aromatic carbocycles. The Morgan fingerprint density at radius 2 is 1.91 bits per heavy atom. The van der Waals surface area contributed by atoms with Crippen molar-refractivity contribution in [2.24, 2.45) is 23.5 Å². The second-order valence-electron chi connectivity index (χ2n) is 6.65. The van der Waals surface area contributed by atoms with E-state index in [0.717, 1.165) is 24.1 Å². The van der Waals surface area contributed by atoms with Gasteiger partial charge in [-0.1, -0.05) is 18.0 Å². The van der Waals surface area contributed by atoms with Gasteiger partial charge in [-0.2, -0.15) is 0 Å². The van der Waals surface area contributed by atoms with Crippen LogP contribution in [0, 0.1) is 24.7 Å². The molecule has 2 saturated carbocycles. The van der Waals surface area contributed by atoms with Crippen LogP contribution in [0.2, 0.25) is 5.02 Å². The highest BCUT2D eigenvalue weighted by molar-refractivity contribution is 6.30. The van der Waals surface area contributed by atoms with Crippen LogP contribution >= 0.6 is 24.0 Å². The van der Waals surface area contributed by atoms with Crippen molar-refractivity contribution in [2.75, 3.05) is 5.32 Å². The van der Waals surface area contributed by atoms with Gasteiger partial charge in [-0.3, -0.25) is 4.79 Å². The number of anilines is 1. The van der Waals surface area contributed by atoms with Gasteiger partial charge in [0.05, 0.1) is 0 Å². The zero-order valence-electron chi connectivity index (χ0n) is 12.8. The average Bonchev–Trinajstić information content (AvgIpc) is 2.41. The van der Waals surface area contributed by atoms with Crippen LogP contribution in [-0.2, 0) is 4.79 Å². The number of rotatable bonds is 2. The number of aryl methyl sites for hydroxylation is 1. The Balaban J connectivity index is 0.00000176. The summed E-state index contributed by atoms with van der Waals surface area (Å²) in [5, 5.41) is 3.77. The standard InChI is InChI=1S/C17H23ClN2O.ClH/c1-10-7-14(18)5-6-15(10)20-17(21)13-8-11-3-2-4-12(9-13)16(11)19;/h5-7,11-13,16H,2-4,8-9,19H2,1H3,(H,20,21);1H. The van der Waals surface area contributed by atoms with Crippen LogP contribution in [0.5, 0.6) is 0 Å². The van der Waals surface area contributed by atoms with E-state index in [9.17, 15) is 4.79 Å². The molecule has 122 valence electrons. The van der Waals surface area contributed by atoms with Crippen molar-refractivity contribution in [1.29, 1.82) is 0 Å². The first-order chi connectivity index (χ1) is 10.0. The molecule has 2 bridgehead atoms. The van der Waals surface area contributed by atoms with Crippen LogP contribution < -0.4 is 11.1 Å². The monoisotopic (exact) mass is 342 g/mol. The number of hydrogen-bond acceptors (Lipinski definition) is 2. The maximum Gasteiger partial charge on any atom is 0.227 e. The van der Waals surface area contributed by atoms with E-state index in [2.05, 4.69) is 5.32 Å². The predicted molar refractivity (Wildman–Crippen MR) is 93.6 cm³/mol. The maximum absolute atomic E-state index is 12.6. The summed E-state index contributed by atoms with van der Waals surface area (Å²) in [6, 6.07) is 5.88. The highest BCUT2D eigenvalue weighted by Gasteiger charge is 2.40. The number of carbonyl (C=O) groups is 1. The summed E-state index contributed by atoms with van der Waals surface area (Å²) in [5.41, 5.74) is 8.16. The zero-order valence-corrected chi connectivity index (χ0v) is 14.4. The van der Waals surface area contributed by atoms with E-state index < -0.39 is 0 Å². The molecule has 0 aliphatic heterocycles. The summed E-state index contributed by atoms with van der Waals surface area (Å²) >= 11 is 5.96. The topological polar surface area (TPSA) is 55.1 Å². The van der Waals surface area contributed by atoms with Gasteiger partial charge in [0.2, 0.25) is 5.91 Å². The van der Waals surface area contributed by atoms with Gasteiger partial charge >= 0.3 is 0 Å². The van der Waals surface area contributed by atoms with Gasteiger partial charge in [-0.25, -0.2) is 0 Å². The number of halogens is 2. The van der Waals surface area contributed by atoms with Gasteiger partial charge in [-0.15, -0.1) is 12.4 Å². The van der Waals surface area contributed by atoms with Crippen molar-refractivity contribution < 1.29 is 4.79 Å². The van der Waals surface area contributed by atoms with Crippen LogP contribution in [-0.4, -0.2) is 11.9 Å². The SMILES string of the molecule is Cc1cc(Cl)ccc1NC(=O)C1CC2CCCC(C1)C2N.Cl. The molecular weight excluding hydrogens is 319 g/mol. The van der Waals surface area contributed by atoms with Crippen LogP contribution in [0.15, 0.2) is 18.2 Å². The van der Waals surface area contributed by atoms with Crippen molar-refractivity contribution in [3.63, 3.8) is 0 Å². The Morgan fingerprint density at radius 1 is 1.27 bits per heavy atom. The van der Waals surface area contributed by atoms with E-state index in [-0.39, 0.29) is 24.2 Å². The Bertz CT molecular complexity index is 535. The van der Waals surface area contributed by atoms with Crippen molar-refractivity contribution in [3.05, 3.63) is 28.8 Å². The van der Waals surface area contributed by atoms with Gasteiger partial charge in [0.1, 0.15) is 0 Å². The Morgan fingerprint density at radius 3 is 2.50 bits per heavy atom. The molecule has 2 aliphatic rings. The molecule has 5 heteroatoms. The zero-order chi connectivity index (χ0) is 15.0. The minimum atomic E-state index is 0. The molecule has 0 saturated heterocycles. The lowest BCUT2D eigenvalue weighted by atomic mass is 9.65. The third-order valence-corrected chi connectivity index (χ3v) is 5.47. The summed E-state index contributed by atoms with van der Waals surface area (Å²) in [5.74, 6) is 1.30. The average molecular weight is 343 g/mol. The molecule has 1 aromatic rings. The number of hydrogen-bond donors (Lipinski definition) is 2. The Labute approximate surface area is 143 Å². The van der Waals surface area contributed by atoms with Crippen molar-refractivity contribution in [2.45, 2.75) is 45.1 Å². The number of amides is 1. The molecular formula is C17H24Cl2N2O. The van der Waals surface area contributed by atoms with Crippen LogP contribution in [0.25, 0.3) is 0 Å². The molecule has 22 heavy (non-hydrogen) atoms. The molecule has 2 atom stereocenters. The lowest BCUT2D eigenvalue weighted by molar-refractivity contribution is -0.122. The molecule has 1 amide bonds. The minimum absolute atomic E-state index is 0. The van der Waals surface area contributed by atoms with E-state index in [1.54, 1.807) is 0 Å². The number of nitrogens with two attached hydrogens (primary N) is 1. The summed E-state index contributed by atoms with van der Waals surface area (Å²) < 4.78 is 0. The first-order valence-corrected chi connectivity index (χ1v) is 8.25. The molecule has 0 heterocycles. The molecule has 3 N–H and O–H groups in total. The molecule has 2 aliphatic carbocycles. The molecule has 0 aromatic heterocycles. The third-order valence-electron chi connectivity index (χ3n) is 5.23. The molecule has 0 radical (unpaired) electrons. The van der Waals surface area contributed by atoms with Gasteiger partial charge in [0, 0.05) is 22.7 Å². The first kappa shape index (κ1) is 17.6. The largest absolute Gasteiger partial charge is 0.327 e. The normalized spacial score (nSPS) is 30.3. The second-order valence-corrected chi connectivity index (χ2v) is 7.08. The fourth-order valence-electron chi connectivity index (χ4n) is 4.01. The minimum Gasteiger partial charge on any atom is -0.327 e. The lowest BCUT2D eigenvalue weighted by Crippen LogP contribution is -2.48. The Hall–Kier alpha value is -0.770. The predicted octanol–water partition coefficient (Wildman–Crippen LogP) is 4.16. The molecule has 0 spiro atoms. The first-order valence-electron chi connectivity index (χ1n) is 7.87. The lowest BCUT2D eigenvalue weighted by Gasteiger charge is -2.43. The molecule has 2 fully saturated rings. The van der Waals surface area contributed by atoms with Gasteiger partial charge in [0.15, 0.2) is 0 Å². The fraction of sp³-hybridized carbons (Fsp3) is 0.588. The van der Waals surface area contributed by atoms with E-state index >= 15 is 0 Å². The summed E-state index contributed by atoms with van der Waals surface area (Å²) in [6.07, 6.45) is 5.52. The van der Waals surface area contributed by atoms with Gasteiger partial charge in [-0.05, 0) is 68.2 Å². The van der Waals surface area contributed by atoms with Crippen molar-refractivity contribution in [1.82, 2.24) is 0 Å². The Kier molecular flexibility index (Phi) is 5.76. The number of fused-ring (bicyclic) bond motifs is 2. The van der Waals surface area contributed by atoms with E-state index in [0.29, 0.717) is 22.9 Å². The van der Waals surface area contributed by atoms with Crippen LogP contribution in [0.4, 0.5) is 5.69 Å². The molecule has 3 nitrogen and oxygen atoms in total. The van der Waals surface area contributed by atoms with Crippen molar-refractivity contribution in [3.8, 4) is 0 Å². The fourth-order valence-corrected chi connectivity index (χ4v) is 4.23. The van der Waals surface area contributed by atoms with E-state index in [1.807, 2.05) is 25.1 Å². The van der Waals surface area contributed by atoms with Crippen molar-refractivity contribution >= 4 is 35.6 Å². The summed E-state index contributed by atoms with van der Waals surface area (Å²) in [7, 11) is 0. The summed E-state index contributed by atoms with van der Waals surface area (Å²) in [4.78, 5) is 12.6. The maximum atomic E-state index is 12.6. The molecule has 2 unspecified atom stereocenters. The highest BCUT2D eigenvalue weighted by atomic mass is 35.5. The van der Waals surface area contributed by atoms with E-state index in [4.69, 9.17) is 17.3 Å². The highest BCUT2D eigenvalue weighted by Crippen LogP contribution is 2.42. The number of carbonyl (C=O) groups excluding carboxylic acids is 1.